The van der Waals surface area contributed by atoms with Crippen molar-refractivity contribution in [1.29, 1.82) is 0 Å². The summed E-state index contributed by atoms with van der Waals surface area (Å²) in [5.41, 5.74) is 1.18. The fraction of sp³-hybridized carbons (Fsp3) is 0.462. The molecular formula is C26H31N5O3. The quantitative estimate of drug-likeness (QED) is 0.496. The van der Waals surface area contributed by atoms with Gasteiger partial charge in [0, 0.05) is 25.0 Å². The topological polar surface area (TPSA) is 109 Å². The van der Waals surface area contributed by atoms with Gasteiger partial charge in [-0.1, -0.05) is 31.4 Å². The Bertz CT molecular complexity index is 1230. The van der Waals surface area contributed by atoms with E-state index >= 15 is 0 Å². The minimum Gasteiger partial charge on any atom is -0.352 e. The molecule has 0 spiro atoms. The molecule has 8 heteroatoms. The summed E-state index contributed by atoms with van der Waals surface area (Å²) in [5, 5.41) is 5.82. The van der Waals surface area contributed by atoms with Crippen LogP contribution >= 0.6 is 0 Å². The second-order valence-electron chi connectivity index (χ2n) is 9.64. The van der Waals surface area contributed by atoms with Crippen LogP contribution < -0.4 is 16.1 Å². The van der Waals surface area contributed by atoms with E-state index < -0.39 is 23.3 Å². The van der Waals surface area contributed by atoms with Crippen molar-refractivity contribution in [3.63, 3.8) is 0 Å². The molecule has 0 bridgehead atoms. The number of pyridine rings is 1. The largest absolute Gasteiger partial charge is 0.352 e. The van der Waals surface area contributed by atoms with Gasteiger partial charge in [-0.2, -0.15) is 0 Å². The first-order valence-electron chi connectivity index (χ1n) is 12.3. The van der Waals surface area contributed by atoms with Crippen molar-refractivity contribution in [1.82, 2.24) is 25.2 Å². The van der Waals surface area contributed by atoms with Crippen LogP contribution in [0.1, 0.15) is 90.5 Å². The Labute approximate surface area is 198 Å². The number of amides is 2. The molecule has 178 valence electrons. The van der Waals surface area contributed by atoms with Crippen LogP contribution in [0.25, 0.3) is 11.0 Å². The van der Waals surface area contributed by atoms with Crippen LogP contribution in [0.15, 0.2) is 41.5 Å². The summed E-state index contributed by atoms with van der Waals surface area (Å²) in [6, 6.07) is 7.43. The van der Waals surface area contributed by atoms with E-state index in [1.54, 1.807) is 12.4 Å². The lowest BCUT2D eigenvalue weighted by Crippen LogP contribution is -2.37. The molecule has 3 aromatic rings. The maximum atomic E-state index is 13.2. The Morgan fingerprint density at radius 3 is 2.47 bits per heavy atom. The van der Waals surface area contributed by atoms with E-state index in [2.05, 4.69) is 20.6 Å². The van der Waals surface area contributed by atoms with Crippen molar-refractivity contribution in [2.24, 2.45) is 5.92 Å². The number of nitrogens with one attached hydrogen (secondary N) is 3. The fourth-order valence-corrected chi connectivity index (χ4v) is 4.75. The van der Waals surface area contributed by atoms with Gasteiger partial charge in [-0.15, -0.1) is 0 Å². The van der Waals surface area contributed by atoms with Gasteiger partial charge in [-0.05, 0) is 50.7 Å². The average molecular weight is 462 g/mol. The maximum Gasteiger partial charge on any atom is 0.257 e. The van der Waals surface area contributed by atoms with Crippen LogP contribution in [0.4, 0.5) is 0 Å². The number of H-pyrrole nitrogens is 1. The number of para-hydroxylation sites is 2. The van der Waals surface area contributed by atoms with Crippen molar-refractivity contribution >= 4 is 22.8 Å². The minimum absolute atomic E-state index is 0.0137. The van der Waals surface area contributed by atoms with Gasteiger partial charge in [0.05, 0.1) is 17.1 Å². The van der Waals surface area contributed by atoms with E-state index in [9.17, 15) is 14.4 Å². The number of hydrogen-bond acceptors (Lipinski definition) is 4. The molecule has 2 aliphatic carbocycles. The standard InChI is InChI=1S/C26H31N5O3/c1-16(24-29-21-9-5-6-10-22(21)30-24)28-26(34)20-15-31(18-11-12-18)14-19(23(20)32)25(33)27-13-17-7-3-2-4-8-17/h5-6,9-10,14-18H,2-4,7-8,11-13H2,1H3,(H,27,33)(H,28,34)(H,29,30). The van der Waals surface area contributed by atoms with E-state index in [0.717, 1.165) is 36.7 Å². The van der Waals surface area contributed by atoms with E-state index in [-0.39, 0.29) is 17.2 Å². The van der Waals surface area contributed by atoms with E-state index in [1.165, 1.54) is 19.3 Å². The van der Waals surface area contributed by atoms with Crippen molar-refractivity contribution < 1.29 is 9.59 Å². The molecular weight excluding hydrogens is 430 g/mol. The van der Waals surface area contributed by atoms with Crippen molar-refractivity contribution in [2.45, 2.75) is 64.0 Å². The third-order valence-electron chi connectivity index (χ3n) is 6.94. The second kappa shape index (κ2) is 9.44. The molecule has 0 aliphatic heterocycles. The Balaban J connectivity index is 1.35. The molecule has 1 unspecified atom stereocenters. The normalized spacial score (nSPS) is 17.4. The van der Waals surface area contributed by atoms with Crippen LogP contribution in [0.5, 0.6) is 0 Å². The zero-order chi connectivity index (χ0) is 23.7. The highest BCUT2D eigenvalue weighted by Gasteiger charge is 2.28. The smallest absolute Gasteiger partial charge is 0.257 e. The lowest BCUT2D eigenvalue weighted by Gasteiger charge is -2.21. The maximum absolute atomic E-state index is 13.2. The molecule has 0 radical (unpaired) electrons. The monoisotopic (exact) mass is 461 g/mol. The summed E-state index contributed by atoms with van der Waals surface area (Å²) in [5.74, 6) is 0.164. The number of nitrogens with zero attached hydrogens (tertiary/aromatic N) is 2. The van der Waals surface area contributed by atoms with Crippen LogP contribution in [0.3, 0.4) is 0 Å². The third-order valence-corrected chi connectivity index (χ3v) is 6.94. The molecule has 0 saturated heterocycles. The Morgan fingerprint density at radius 1 is 1.06 bits per heavy atom. The average Bonchev–Trinajstić information content (AvgIpc) is 3.61. The third kappa shape index (κ3) is 4.76. The predicted molar refractivity (Wildman–Crippen MR) is 130 cm³/mol. The molecule has 2 amide bonds. The predicted octanol–water partition coefficient (Wildman–Crippen LogP) is 3.86. The number of hydrogen-bond donors (Lipinski definition) is 3. The summed E-state index contributed by atoms with van der Waals surface area (Å²) in [6.45, 7) is 2.39. The van der Waals surface area contributed by atoms with Gasteiger partial charge < -0.3 is 20.2 Å². The van der Waals surface area contributed by atoms with E-state index in [0.29, 0.717) is 18.3 Å². The van der Waals surface area contributed by atoms with E-state index in [1.807, 2.05) is 35.8 Å². The first kappa shape index (κ1) is 22.4. The molecule has 2 fully saturated rings. The van der Waals surface area contributed by atoms with Crippen LogP contribution in [0, 0.1) is 5.92 Å². The van der Waals surface area contributed by atoms with Gasteiger partial charge in [0.15, 0.2) is 0 Å². The number of imidazole rings is 1. The van der Waals surface area contributed by atoms with Gasteiger partial charge >= 0.3 is 0 Å². The number of aromatic amines is 1. The molecule has 34 heavy (non-hydrogen) atoms. The molecule has 1 aromatic carbocycles. The molecule has 8 nitrogen and oxygen atoms in total. The van der Waals surface area contributed by atoms with Crippen LogP contribution in [0.2, 0.25) is 0 Å². The number of rotatable bonds is 7. The second-order valence-corrected chi connectivity index (χ2v) is 9.64. The number of carbonyl (C=O) groups excluding carboxylic acids is 2. The molecule has 2 aromatic heterocycles. The summed E-state index contributed by atoms with van der Waals surface area (Å²) >= 11 is 0. The number of fused-ring (bicyclic) bond motifs is 1. The number of aromatic nitrogens is 3. The van der Waals surface area contributed by atoms with Gasteiger partial charge in [0.25, 0.3) is 11.8 Å². The molecule has 5 rings (SSSR count). The van der Waals surface area contributed by atoms with Gasteiger partial charge in [0.1, 0.15) is 17.0 Å². The van der Waals surface area contributed by atoms with Gasteiger partial charge in [0.2, 0.25) is 5.43 Å². The summed E-state index contributed by atoms with van der Waals surface area (Å²) in [4.78, 5) is 47.0. The van der Waals surface area contributed by atoms with Gasteiger partial charge in [-0.3, -0.25) is 14.4 Å². The first-order valence-corrected chi connectivity index (χ1v) is 12.3. The first-order chi connectivity index (χ1) is 16.5. The summed E-state index contributed by atoms with van der Waals surface area (Å²) < 4.78 is 1.84. The highest BCUT2D eigenvalue weighted by atomic mass is 16.2. The molecule has 2 aliphatic rings. The van der Waals surface area contributed by atoms with E-state index in [4.69, 9.17) is 0 Å². The van der Waals surface area contributed by atoms with Crippen molar-refractivity contribution in [2.75, 3.05) is 6.54 Å². The highest BCUT2D eigenvalue weighted by molar-refractivity contribution is 5.99. The molecule has 2 heterocycles. The highest BCUT2D eigenvalue weighted by Crippen LogP contribution is 2.34. The van der Waals surface area contributed by atoms with Crippen LogP contribution in [-0.4, -0.2) is 32.9 Å². The number of carbonyl (C=O) groups is 2. The molecule has 3 N–H and O–H groups in total. The minimum atomic E-state index is -0.535. The summed E-state index contributed by atoms with van der Waals surface area (Å²) in [7, 11) is 0. The SMILES string of the molecule is CC(NC(=O)c1cn(C2CC2)cc(C(=O)NCC2CCCCC2)c1=O)c1nc2ccccc2[nH]1. The Hall–Kier alpha value is -3.42. The Kier molecular flexibility index (Phi) is 6.22. The number of benzene rings is 1. The molecule has 1 atom stereocenters. The zero-order valence-corrected chi connectivity index (χ0v) is 19.5. The lowest BCUT2D eigenvalue weighted by molar-refractivity contribution is 0.0936. The summed E-state index contributed by atoms with van der Waals surface area (Å²) in [6.07, 6.45) is 11.0. The zero-order valence-electron chi connectivity index (χ0n) is 19.5. The lowest BCUT2D eigenvalue weighted by atomic mass is 9.89. The Morgan fingerprint density at radius 2 is 1.76 bits per heavy atom. The fourth-order valence-electron chi connectivity index (χ4n) is 4.75. The molecule has 2 saturated carbocycles. The van der Waals surface area contributed by atoms with Crippen molar-refractivity contribution in [3.05, 3.63) is 63.8 Å². The van der Waals surface area contributed by atoms with Crippen LogP contribution in [-0.2, 0) is 0 Å². The van der Waals surface area contributed by atoms with Gasteiger partial charge in [-0.25, -0.2) is 4.98 Å². The van der Waals surface area contributed by atoms with Crippen molar-refractivity contribution in [3.8, 4) is 0 Å².